The molecule has 0 saturated heterocycles. The molecule has 7 nitrogen and oxygen atoms in total. The lowest BCUT2D eigenvalue weighted by molar-refractivity contribution is 0.395. The van der Waals surface area contributed by atoms with Gasteiger partial charge in [-0.3, -0.25) is 5.10 Å². The topological polar surface area (TPSA) is 86.1 Å². The average molecular weight is 362 g/mol. The monoisotopic (exact) mass is 362 g/mol. The zero-order chi connectivity index (χ0) is 18.8. The maximum Gasteiger partial charge on any atom is 0.276 e. The fourth-order valence-electron chi connectivity index (χ4n) is 2.85. The SMILES string of the molecule is COc1ccc(-c2cc(-c3nc(-c4ccccc4C)no3)[nH]n2)c(OC)c1. The Kier molecular flexibility index (Phi) is 4.33. The van der Waals surface area contributed by atoms with Gasteiger partial charge in [0, 0.05) is 17.2 Å². The highest BCUT2D eigenvalue weighted by atomic mass is 16.5. The Morgan fingerprint density at radius 3 is 2.59 bits per heavy atom. The summed E-state index contributed by atoms with van der Waals surface area (Å²) in [6, 6.07) is 15.3. The van der Waals surface area contributed by atoms with Gasteiger partial charge in [0.15, 0.2) is 0 Å². The molecule has 0 unspecified atom stereocenters. The summed E-state index contributed by atoms with van der Waals surface area (Å²) in [5.74, 6) is 2.30. The smallest absolute Gasteiger partial charge is 0.276 e. The summed E-state index contributed by atoms with van der Waals surface area (Å²) in [6.45, 7) is 2.01. The average Bonchev–Trinajstić information content (AvgIpc) is 3.37. The third-order valence-electron chi connectivity index (χ3n) is 4.30. The Morgan fingerprint density at radius 1 is 0.963 bits per heavy atom. The van der Waals surface area contributed by atoms with Crippen LogP contribution in [0.4, 0.5) is 0 Å². The van der Waals surface area contributed by atoms with Crippen molar-refractivity contribution in [1.82, 2.24) is 20.3 Å². The molecule has 27 heavy (non-hydrogen) atoms. The molecule has 0 radical (unpaired) electrons. The van der Waals surface area contributed by atoms with Gasteiger partial charge >= 0.3 is 0 Å². The number of nitrogens with one attached hydrogen (secondary N) is 1. The van der Waals surface area contributed by atoms with Crippen LogP contribution in [0.15, 0.2) is 53.1 Å². The molecular formula is C20H18N4O3. The molecule has 2 aromatic carbocycles. The van der Waals surface area contributed by atoms with E-state index in [1.165, 1.54) is 0 Å². The highest BCUT2D eigenvalue weighted by Crippen LogP contribution is 2.34. The van der Waals surface area contributed by atoms with E-state index in [0.717, 1.165) is 16.7 Å². The second-order valence-corrected chi connectivity index (χ2v) is 5.97. The van der Waals surface area contributed by atoms with Crippen LogP contribution in [0.3, 0.4) is 0 Å². The molecule has 4 aromatic rings. The fraction of sp³-hybridized carbons (Fsp3) is 0.150. The first-order valence-corrected chi connectivity index (χ1v) is 8.37. The van der Waals surface area contributed by atoms with Crippen molar-refractivity contribution in [3.05, 3.63) is 54.1 Å². The standard InChI is InChI=1S/C20H18N4O3/c1-12-6-4-5-7-14(12)19-21-20(27-24-19)17-11-16(22-23-17)15-9-8-13(25-2)10-18(15)26-3/h4-11H,1-3H3,(H,22,23). The second-order valence-electron chi connectivity index (χ2n) is 5.97. The van der Waals surface area contributed by atoms with Gasteiger partial charge in [-0.05, 0) is 30.7 Å². The number of aryl methyl sites for hydroxylation is 1. The molecule has 0 saturated carbocycles. The van der Waals surface area contributed by atoms with Gasteiger partial charge in [-0.25, -0.2) is 0 Å². The van der Waals surface area contributed by atoms with Crippen LogP contribution in [-0.4, -0.2) is 34.6 Å². The molecule has 4 rings (SSSR count). The maximum absolute atomic E-state index is 5.45. The van der Waals surface area contributed by atoms with Crippen molar-refractivity contribution in [3.63, 3.8) is 0 Å². The fourth-order valence-corrected chi connectivity index (χ4v) is 2.85. The van der Waals surface area contributed by atoms with Crippen molar-refractivity contribution in [2.75, 3.05) is 14.2 Å². The molecule has 7 heteroatoms. The summed E-state index contributed by atoms with van der Waals surface area (Å²) in [5, 5.41) is 11.4. The number of H-pyrrole nitrogens is 1. The Hall–Kier alpha value is -3.61. The van der Waals surface area contributed by atoms with E-state index in [4.69, 9.17) is 14.0 Å². The first kappa shape index (κ1) is 16.8. The predicted molar refractivity (Wildman–Crippen MR) is 101 cm³/mol. The lowest BCUT2D eigenvalue weighted by Crippen LogP contribution is -1.90. The molecule has 0 amide bonds. The molecule has 0 bridgehead atoms. The molecule has 0 fully saturated rings. The van der Waals surface area contributed by atoms with Crippen LogP contribution >= 0.6 is 0 Å². The van der Waals surface area contributed by atoms with Crippen LogP contribution < -0.4 is 9.47 Å². The summed E-state index contributed by atoms with van der Waals surface area (Å²) in [4.78, 5) is 4.49. The van der Waals surface area contributed by atoms with Crippen LogP contribution in [0.1, 0.15) is 5.56 Å². The van der Waals surface area contributed by atoms with Gasteiger partial charge in [-0.15, -0.1) is 0 Å². The van der Waals surface area contributed by atoms with Crippen molar-refractivity contribution in [3.8, 4) is 45.7 Å². The van der Waals surface area contributed by atoms with Gasteiger partial charge in [0.05, 0.1) is 19.9 Å². The van der Waals surface area contributed by atoms with Gasteiger partial charge in [0.1, 0.15) is 17.2 Å². The zero-order valence-electron chi connectivity index (χ0n) is 15.2. The third kappa shape index (κ3) is 3.15. The number of hydrogen-bond acceptors (Lipinski definition) is 6. The van der Waals surface area contributed by atoms with E-state index in [1.807, 2.05) is 55.5 Å². The first-order valence-electron chi connectivity index (χ1n) is 8.37. The molecule has 0 spiro atoms. The van der Waals surface area contributed by atoms with Gasteiger partial charge in [-0.1, -0.05) is 29.4 Å². The Labute approximate surface area is 156 Å². The van der Waals surface area contributed by atoms with E-state index in [2.05, 4.69) is 20.3 Å². The van der Waals surface area contributed by atoms with Crippen LogP contribution in [0.25, 0.3) is 34.2 Å². The van der Waals surface area contributed by atoms with E-state index in [-0.39, 0.29) is 0 Å². The van der Waals surface area contributed by atoms with Gasteiger partial charge in [0.2, 0.25) is 5.82 Å². The van der Waals surface area contributed by atoms with Crippen LogP contribution in [0.5, 0.6) is 11.5 Å². The number of methoxy groups -OCH3 is 2. The molecular weight excluding hydrogens is 344 g/mol. The van der Waals surface area contributed by atoms with Crippen molar-refractivity contribution >= 4 is 0 Å². The summed E-state index contributed by atoms with van der Waals surface area (Å²) >= 11 is 0. The van der Waals surface area contributed by atoms with E-state index in [0.29, 0.717) is 34.6 Å². The van der Waals surface area contributed by atoms with Crippen molar-refractivity contribution in [2.45, 2.75) is 6.92 Å². The lowest BCUT2D eigenvalue weighted by Gasteiger charge is -2.08. The number of hydrogen-bond donors (Lipinski definition) is 1. The van der Waals surface area contributed by atoms with Crippen molar-refractivity contribution < 1.29 is 14.0 Å². The van der Waals surface area contributed by atoms with E-state index in [9.17, 15) is 0 Å². The minimum Gasteiger partial charge on any atom is -0.497 e. The number of ether oxygens (including phenoxy) is 2. The predicted octanol–water partition coefficient (Wildman–Crippen LogP) is 4.12. The normalized spacial score (nSPS) is 10.8. The number of aromatic nitrogens is 4. The van der Waals surface area contributed by atoms with Gasteiger partial charge in [-0.2, -0.15) is 10.1 Å². The number of benzene rings is 2. The maximum atomic E-state index is 5.45. The van der Waals surface area contributed by atoms with E-state index in [1.54, 1.807) is 14.2 Å². The Bertz CT molecular complexity index is 1080. The Morgan fingerprint density at radius 2 is 1.81 bits per heavy atom. The summed E-state index contributed by atoms with van der Waals surface area (Å²) in [5.41, 5.74) is 4.19. The lowest BCUT2D eigenvalue weighted by atomic mass is 10.1. The molecule has 2 aromatic heterocycles. The number of nitrogens with zero attached hydrogens (tertiary/aromatic N) is 3. The molecule has 136 valence electrons. The zero-order valence-corrected chi connectivity index (χ0v) is 15.2. The van der Waals surface area contributed by atoms with Gasteiger partial charge in [0.25, 0.3) is 5.89 Å². The molecule has 1 N–H and O–H groups in total. The van der Waals surface area contributed by atoms with Crippen molar-refractivity contribution in [1.29, 1.82) is 0 Å². The largest absolute Gasteiger partial charge is 0.497 e. The highest BCUT2D eigenvalue weighted by Gasteiger charge is 2.16. The van der Waals surface area contributed by atoms with Gasteiger partial charge < -0.3 is 14.0 Å². The van der Waals surface area contributed by atoms with Crippen molar-refractivity contribution in [2.24, 2.45) is 0 Å². The molecule has 0 aliphatic carbocycles. The molecule has 2 heterocycles. The number of rotatable bonds is 5. The summed E-state index contributed by atoms with van der Waals surface area (Å²) < 4.78 is 16.1. The summed E-state index contributed by atoms with van der Waals surface area (Å²) in [6.07, 6.45) is 0. The molecule has 0 aliphatic rings. The van der Waals surface area contributed by atoms with Crippen LogP contribution in [0, 0.1) is 6.92 Å². The quantitative estimate of drug-likeness (QED) is 0.575. The summed E-state index contributed by atoms with van der Waals surface area (Å²) in [7, 11) is 3.22. The van der Waals surface area contributed by atoms with Crippen LogP contribution in [-0.2, 0) is 0 Å². The highest BCUT2D eigenvalue weighted by molar-refractivity contribution is 5.71. The molecule has 0 aliphatic heterocycles. The first-order chi connectivity index (χ1) is 13.2. The van der Waals surface area contributed by atoms with Crippen LogP contribution in [0.2, 0.25) is 0 Å². The second kappa shape index (κ2) is 6.95. The third-order valence-corrected chi connectivity index (χ3v) is 4.30. The minimum atomic E-state index is 0.375. The number of aromatic amines is 1. The van der Waals surface area contributed by atoms with E-state index >= 15 is 0 Å². The Balaban J connectivity index is 1.67. The van der Waals surface area contributed by atoms with E-state index < -0.39 is 0 Å². The molecule has 0 atom stereocenters. The minimum absolute atomic E-state index is 0.375.